The molecule has 0 N–H and O–H groups in total. The molecule has 1 aromatic rings. The molecule has 0 fully saturated rings. The zero-order valence-electron chi connectivity index (χ0n) is 9.09. The lowest BCUT2D eigenvalue weighted by Gasteiger charge is -2.05. The molecule has 0 saturated carbocycles. The lowest BCUT2D eigenvalue weighted by Crippen LogP contribution is -1.89. The Balaban J connectivity index is 2.50. The summed E-state index contributed by atoms with van der Waals surface area (Å²) in [7, 11) is 0. The summed E-state index contributed by atoms with van der Waals surface area (Å²) < 4.78 is 0. The van der Waals surface area contributed by atoms with E-state index in [1.807, 2.05) is 6.07 Å². The van der Waals surface area contributed by atoms with Crippen LogP contribution in [0, 0.1) is 0 Å². The fraction of sp³-hybridized carbons (Fsp3) is 0.286. The third kappa shape index (κ3) is 3.61. The van der Waals surface area contributed by atoms with Gasteiger partial charge in [-0.25, -0.2) is 0 Å². The molecule has 0 heterocycles. The SMILES string of the molecule is C=C(C/C(C)=C\C)Cc1ccccc1. The zero-order chi connectivity index (χ0) is 10.4. The van der Waals surface area contributed by atoms with Crippen molar-refractivity contribution in [1.29, 1.82) is 0 Å². The molecule has 0 heteroatoms. The highest BCUT2D eigenvalue weighted by Crippen LogP contribution is 2.13. The molecule has 0 aromatic heterocycles. The minimum Gasteiger partial charge on any atom is -0.0992 e. The first-order valence-corrected chi connectivity index (χ1v) is 5.04. The van der Waals surface area contributed by atoms with E-state index < -0.39 is 0 Å². The van der Waals surface area contributed by atoms with E-state index in [9.17, 15) is 0 Å². The Hall–Kier alpha value is -1.30. The van der Waals surface area contributed by atoms with Crippen LogP contribution in [-0.4, -0.2) is 0 Å². The van der Waals surface area contributed by atoms with Crippen LogP contribution in [-0.2, 0) is 6.42 Å². The van der Waals surface area contributed by atoms with Crippen LogP contribution in [0.3, 0.4) is 0 Å². The Kier molecular flexibility index (Phi) is 4.18. The van der Waals surface area contributed by atoms with Crippen molar-refractivity contribution in [3.05, 3.63) is 59.7 Å². The summed E-state index contributed by atoms with van der Waals surface area (Å²) in [6.45, 7) is 8.32. The lowest BCUT2D eigenvalue weighted by atomic mass is 10.0. The second-order valence-corrected chi connectivity index (χ2v) is 3.72. The van der Waals surface area contributed by atoms with Crippen LogP contribution in [0.15, 0.2) is 54.1 Å². The van der Waals surface area contributed by atoms with Crippen molar-refractivity contribution >= 4 is 0 Å². The highest BCUT2D eigenvalue weighted by molar-refractivity contribution is 5.22. The molecular formula is C14H18. The molecule has 0 radical (unpaired) electrons. The molecule has 0 bridgehead atoms. The average Bonchev–Trinajstić information content (AvgIpc) is 2.19. The summed E-state index contributed by atoms with van der Waals surface area (Å²) in [5, 5.41) is 0. The Morgan fingerprint density at radius 1 is 1.29 bits per heavy atom. The fourth-order valence-electron chi connectivity index (χ4n) is 1.44. The Labute approximate surface area is 87.0 Å². The van der Waals surface area contributed by atoms with E-state index in [2.05, 4.69) is 50.8 Å². The molecule has 0 aliphatic carbocycles. The minimum atomic E-state index is 0.992. The van der Waals surface area contributed by atoms with E-state index in [0.29, 0.717) is 0 Å². The predicted molar refractivity (Wildman–Crippen MR) is 63.3 cm³/mol. The first-order valence-electron chi connectivity index (χ1n) is 5.04. The van der Waals surface area contributed by atoms with Gasteiger partial charge in [0, 0.05) is 0 Å². The van der Waals surface area contributed by atoms with Gasteiger partial charge >= 0.3 is 0 Å². The van der Waals surface area contributed by atoms with Crippen LogP contribution >= 0.6 is 0 Å². The lowest BCUT2D eigenvalue weighted by molar-refractivity contribution is 1.02. The molecule has 0 amide bonds. The van der Waals surface area contributed by atoms with Gasteiger partial charge in [-0.1, -0.05) is 54.1 Å². The number of benzene rings is 1. The van der Waals surface area contributed by atoms with Crippen molar-refractivity contribution in [2.45, 2.75) is 26.7 Å². The molecule has 14 heavy (non-hydrogen) atoms. The standard InChI is InChI=1S/C14H18/c1-4-12(2)10-13(3)11-14-8-6-5-7-9-14/h4-9H,3,10-11H2,1-2H3/b12-4-. The number of hydrogen-bond acceptors (Lipinski definition) is 0. The number of rotatable bonds is 4. The summed E-state index contributed by atoms with van der Waals surface area (Å²) in [6.07, 6.45) is 4.16. The molecule has 1 rings (SSSR count). The normalized spacial score (nSPS) is 11.4. The van der Waals surface area contributed by atoms with Crippen molar-refractivity contribution in [1.82, 2.24) is 0 Å². The zero-order valence-corrected chi connectivity index (χ0v) is 9.09. The predicted octanol–water partition coefficient (Wildman–Crippen LogP) is 4.14. The van der Waals surface area contributed by atoms with Crippen LogP contribution in [0.25, 0.3) is 0 Å². The van der Waals surface area contributed by atoms with E-state index >= 15 is 0 Å². The second kappa shape index (κ2) is 5.43. The van der Waals surface area contributed by atoms with Gasteiger partial charge in [-0.2, -0.15) is 0 Å². The van der Waals surface area contributed by atoms with Crippen LogP contribution in [0.5, 0.6) is 0 Å². The molecule has 0 spiro atoms. The largest absolute Gasteiger partial charge is 0.0992 e. The maximum Gasteiger partial charge on any atom is -0.00666 e. The van der Waals surface area contributed by atoms with E-state index in [-0.39, 0.29) is 0 Å². The maximum absolute atomic E-state index is 4.10. The second-order valence-electron chi connectivity index (χ2n) is 3.72. The van der Waals surface area contributed by atoms with Gasteiger partial charge in [0.2, 0.25) is 0 Å². The van der Waals surface area contributed by atoms with Gasteiger partial charge in [-0.05, 0) is 32.3 Å². The number of hydrogen-bond donors (Lipinski definition) is 0. The quantitative estimate of drug-likeness (QED) is 0.620. The molecule has 0 saturated heterocycles. The molecule has 0 unspecified atom stereocenters. The summed E-state index contributed by atoms with van der Waals surface area (Å²) >= 11 is 0. The number of allylic oxidation sites excluding steroid dienone is 3. The van der Waals surface area contributed by atoms with E-state index in [1.54, 1.807) is 0 Å². The van der Waals surface area contributed by atoms with Crippen LogP contribution in [0.1, 0.15) is 25.8 Å². The first kappa shape index (κ1) is 10.8. The van der Waals surface area contributed by atoms with Crippen molar-refractivity contribution in [3.8, 4) is 0 Å². The molecule has 0 nitrogen and oxygen atoms in total. The summed E-state index contributed by atoms with van der Waals surface area (Å²) in [5.74, 6) is 0. The van der Waals surface area contributed by atoms with Crippen LogP contribution in [0.2, 0.25) is 0 Å². The third-order valence-electron chi connectivity index (χ3n) is 2.32. The van der Waals surface area contributed by atoms with Gasteiger partial charge in [0.05, 0.1) is 0 Å². The monoisotopic (exact) mass is 186 g/mol. The average molecular weight is 186 g/mol. The van der Waals surface area contributed by atoms with Gasteiger partial charge < -0.3 is 0 Å². The van der Waals surface area contributed by atoms with Crippen molar-refractivity contribution in [3.63, 3.8) is 0 Å². The molecular weight excluding hydrogens is 168 g/mol. The highest BCUT2D eigenvalue weighted by Gasteiger charge is 1.97. The molecule has 0 aliphatic heterocycles. The van der Waals surface area contributed by atoms with Crippen LogP contribution in [0.4, 0.5) is 0 Å². The highest BCUT2D eigenvalue weighted by atomic mass is 14.0. The van der Waals surface area contributed by atoms with Gasteiger partial charge in [-0.15, -0.1) is 0 Å². The summed E-state index contributed by atoms with van der Waals surface area (Å²) in [4.78, 5) is 0. The van der Waals surface area contributed by atoms with Gasteiger partial charge in [0.15, 0.2) is 0 Å². The van der Waals surface area contributed by atoms with E-state index in [4.69, 9.17) is 0 Å². The summed E-state index contributed by atoms with van der Waals surface area (Å²) in [5.41, 5.74) is 4.03. The Morgan fingerprint density at radius 3 is 2.50 bits per heavy atom. The van der Waals surface area contributed by atoms with Crippen LogP contribution < -0.4 is 0 Å². The van der Waals surface area contributed by atoms with Gasteiger partial charge in [0.25, 0.3) is 0 Å². The Bertz CT molecular complexity index is 317. The maximum atomic E-state index is 4.10. The first-order chi connectivity index (χ1) is 6.72. The minimum absolute atomic E-state index is 0.992. The van der Waals surface area contributed by atoms with Crippen molar-refractivity contribution in [2.75, 3.05) is 0 Å². The van der Waals surface area contributed by atoms with E-state index in [1.165, 1.54) is 16.7 Å². The summed E-state index contributed by atoms with van der Waals surface area (Å²) in [6, 6.07) is 10.5. The van der Waals surface area contributed by atoms with Crippen molar-refractivity contribution in [2.24, 2.45) is 0 Å². The van der Waals surface area contributed by atoms with E-state index in [0.717, 1.165) is 12.8 Å². The molecule has 74 valence electrons. The Morgan fingerprint density at radius 2 is 1.93 bits per heavy atom. The van der Waals surface area contributed by atoms with Gasteiger partial charge in [0.1, 0.15) is 0 Å². The topological polar surface area (TPSA) is 0 Å². The molecule has 0 aliphatic rings. The third-order valence-corrected chi connectivity index (χ3v) is 2.32. The van der Waals surface area contributed by atoms with Gasteiger partial charge in [-0.3, -0.25) is 0 Å². The fourth-order valence-corrected chi connectivity index (χ4v) is 1.44. The molecule has 1 aromatic carbocycles. The smallest absolute Gasteiger partial charge is 0.00666 e. The molecule has 0 atom stereocenters. The van der Waals surface area contributed by atoms with Crippen molar-refractivity contribution < 1.29 is 0 Å².